The van der Waals surface area contributed by atoms with E-state index < -0.39 is 17.3 Å². The second-order valence-corrected chi connectivity index (χ2v) is 14.6. The number of hydrogen-bond donors (Lipinski definition) is 1. The quantitative estimate of drug-likeness (QED) is 0.211. The molecule has 5 heterocycles. The summed E-state index contributed by atoms with van der Waals surface area (Å²) in [6.45, 7) is 13.7. The molecule has 2 fully saturated rings. The molecule has 0 aliphatic carbocycles. The molecule has 50 heavy (non-hydrogen) atoms. The first-order valence-electron chi connectivity index (χ1n) is 17.1. The maximum atomic E-state index is 13.6. The van der Waals surface area contributed by atoms with Crippen molar-refractivity contribution in [2.45, 2.75) is 78.1 Å². The van der Waals surface area contributed by atoms with Crippen molar-refractivity contribution in [1.29, 1.82) is 0 Å². The Balaban J connectivity index is 1.35. The van der Waals surface area contributed by atoms with E-state index >= 15 is 0 Å². The minimum Gasteiger partial charge on any atom is -0.467 e. The fourth-order valence-corrected chi connectivity index (χ4v) is 6.16. The highest BCUT2D eigenvalue weighted by Gasteiger charge is 2.30. The molecule has 1 amide bonds. The third kappa shape index (κ3) is 7.86. The van der Waals surface area contributed by atoms with E-state index in [-0.39, 0.29) is 19.0 Å². The van der Waals surface area contributed by atoms with Crippen LogP contribution in [-0.4, -0.2) is 99.9 Å². The average Bonchev–Trinajstić information content (AvgIpc) is 3.72. The molecule has 2 aliphatic heterocycles. The first-order chi connectivity index (χ1) is 23.8. The lowest BCUT2D eigenvalue weighted by Crippen LogP contribution is -2.50. The zero-order chi connectivity index (χ0) is 35.6. The number of rotatable bonds is 7. The van der Waals surface area contributed by atoms with E-state index in [4.69, 9.17) is 23.7 Å². The molecule has 1 atom stereocenters. The predicted octanol–water partition coefficient (Wildman–Crippen LogP) is 6.55. The summed E-state index contributed by atoms with van der Waals surface area (Å²) >= 11 is 0. The molecule has 3 aromatic heterocycles. The fourth-order valence-electron chi connectivity index (χ4n) is 6.16. The van der Waals surface area contributed by atoms with Crippen molar-refractivity contribution in [2.24, 2.45) is 0 Å². The van der Waals surface area contributed by atoms with Crippen molar-refractivity contribution in [3.63, 3.8) is 0 Å². The van der Waals surface area contributed by atoms with E-state index in [1.807, 2.05) is 72.0 Å². The van der Waals surface area contributed by atoms with Crippen LogP contribution >= 0.6 is 0 Å². The number of hydrogen-bond acceptors (Lipinski definition) is 11. The number of anilines is 1. The number of benzene rings is 1. The highest BCUT2D eigenvalue weighted by molar-refractivity contribution is 5.97. The molecule has 1 aromatic carbocycles. The molecule has 0 bridgehead atoms. The van der Waals surface area contributed by atoms with Crippen LogP contribution in [0.15, 0.2) is 36.7 Å². The Hall–Kier alpha value is -4.69. The third-order valence-corrected chi connectivity index (χ3v) is 8.44. The van der Waals surface area contributed by atoms with Gasteiger partial charge in [-0.15, -0.1) is 10.2 Å². The van der Waals surface area contributed by atoms with Crippen LogP contribution in [-0.2, 0) is 18.9 Å². The highest BCUT2D eigenvalue weighted by Crippen LogP contribution is 2.39. The molecule has 0 saturated carbocycles. The number of nitrogens with zero attached hydrogens (tertiary/aromatic N) is 6. The van der Waals surface area contributed by atoms with E-state index in [9.17, 15) is 9.59 Å². The fraction of sp³-hybridized carbons (Fsp3) is 0.528. The summed E-state index contributed by atoms with van der Waals surface area (Å²) in [5, 5.41) is 16.8. The second-order valence-electron chi connectivity index (χ2n) is 14.6. The van der Waals surface area contributed by atoms with Crippen molar-refractivity contribution in [3.05, 3.63) is 42.4 Å². The predicted molar refractivity (Wildman–Crippen MR) is 187 cm³/mol. The number of methoxy groups -OCH3 is 1. The van der Waals surface area contributed by atoms with Gasteiger partial charge in [0.25, 0.3) is 0 Å². The number of carbonyl (C=O) groups is 2. The number of carbonyl (C=O) groups excluding carboxylic acids is 2. The van der Waals surface area contributed by atoms with E-state index in [1.165, 1.54) is 4.57 Å². The van der Waals surface area contributed by atoms with Crippen molar-refractivity contribution in [2.75, 3.05) is 51.6 Å². The largest absolute Gasteiger partial charge is 0.467 e. The molecule has 268 valence electrons. The molecule has 4 aromatic rings. The van der Waals surface area contributed by atoms with Gasteiger partial charge in [-0.05, 0) is 84.6 Å². The summed E-state index contributed by atoms with van der Waals surface area (Å²) in [6, 6.07) is 7.66. The summed E-state index contributed by atoms with van der Waals surface area (Å²) < 4.78 is 30.2. The monoisotopic (exact) mass is 689 g/mol. The zero-order valence-electron chi connectivity index (χ0n) is 29.9. The van der Waals surface area contributed by atoms with E-state index in [2.05, 4.69) is 25.3 Å². The maximum absolute atomic E-state index is 13.6. The number of nitrogens with one attached hydrogen (secondary N) is 1. The molecular weight excluding hydrogens is 642 g/mol. The van der Waals surface area contributed by atoms with Crippen LogP contribution in [0.1, 0.15) is 72.6 Å². The first kappa shape index (κ1) is 35.1. The number of H-pyrrole nitrogens is 1. The molecule has 0 radical (unpaired) electrons. The lowest BCUT2D eigenvalue weighted by molar-refractivity contribution is 0.0126. The Morgan fingerprint density at radius 2 is 1.68 bits per heavy atom. The Morgan fingerprint density at radius 3 is 2.36 bits per heavy atom. The van der Waals surface area contributed by atoms with Crippen LogP contribution < -0.4 is 9.64 Å². The third-order valence-electron chi connectivity index (χ3n) is 8.44. The van der Waals surface area contributed by atoms with Crippen LogP contribution in [0.4, 0.5) is 15.3 Å². The van der Waals surface area contributed by atoms with Crippen molar-refractivity contribution in [3.8, 4) is 28.1 Å². The van der Waals surface area contributed by atoms with Crippen LogP contribution in [0.25, 0.3) is 33.4 Å². The van der Waals surface area contributed by atoms with Crippen LogP contribution in [0, 0.1) is 0 Å². The minimum atomic E-state index is -0.720. The molecule has 0 spiro atoms. The van der Waals surface area contributed by atoms with E-state index in [0.29, 0.717) is 60.8 Å². The number of fused-ring (bicyclic) bond motifs is 1. The van der Waals surface area contributed by atoms with Gasteiger partial charge in [-0.1, -0.05) is 6.07 Å². The molecule has 1 N–H and O–H groups in total. The molecule has 6 rings (SSSR count). The summed E-state index contributed by atoms with van der Waals surface area (Å²) in [6.07, 6.45) is 5.71. The number of amides is 1. The van der Waals surface area contributed by atoms with Gasteiger partial charge in [-0.25, -0.2) is 14.2 Å². The van der Waals surface area contributed by atoms with Gasteiger partial charge in [0.15, 0.2) is 6.79 Å². The lowest BCUT2D eigenvalue weighted by Gasteiger charge is -2.36. The number of aromatic nitrogens is 5. The highest BCUT2D eigenvalue weighted by atomic mass is 16.7. The molecular formula is C36H47N7O7. The van der Waals surface area contributed by atoms with Gasteiger partial charge in [-0.3, -0.25) is 5.10 Å². The van der Waals surface area contributed by atoms with Gasteiger partial charge in [0.05, 0.1) is 22.6 Å². The molecule has 14 nitrogen and oxygen atoms in total. The Morgan fingerprint density at radius 1 is 0.940 bits per heavy atom. The Bertz CT molecular complexity index is 1820. The summed E-state index contributed by atoms with van der Waals surface area (Å²) in [4.78, 5) is 30.1. The van der Waals surface area contributed by atoms with Gasteiger partial charge in [0.2, 0.25) is 0 Å². The van der Waals surface area contributed by atoms with Crippen LogP contribution in [0.2, 0.25) is 0 Å². The van der Waals surface area contributed by atoms with Crippen molar-refractivity contribution in [1.82, 2.24) is 29.9 Å². The molecule has 14 heteroatoms. The summed E-state index contributed by atoms with van der Waals surface area (Å²) in [5.41, 5.74) is 4.36. The van der Waals surface area contributed by atoms with Gasteiger partial charge >= 0.3 is 12.2 Å². The molecule has 1 unspecified atom stereocenters. The smallest absolute Gasteiger partial charge is 0.419 e. The summed E-state index contributed by atoms with van der Waals surface area (Å²) in [5.74, 6) is 0.531. The van der Waals surface area contributed by atoms with Crippen LogP contribution in [0.3, 0.4) is 0 Å². The number of aromatic amines is 1. The SMILES string of the molecule is COCOc1cc(-c2c[nH]nc2C2CCCCO2)ccc1-c1cc2c(nn1)c(N1CCN(C(=O)OC(C)(C)C)CC1)cn2C(=O)OC(C)(C)C. The zero-order valence-corrected chi connectivity index (χ0v) is 29.9. The van der Waals surface area contributed by atoms with Crippen LogP contribution in [0.5, 0.6) is 5.75 Å². The first-order valence-corrected chi connectivity index (χ1v) is 17.1. The topological polar surface area (TPSA) is 146 Å². The average molecular weight is 690 g/mol. The van der Waals surface area contributed by atoms with Gasteiger partial charge < -0.3 is 33.5 Å². The maximum Gasteiger partial charge on any atom is 0.419 e. The van der Waals surface area contributed by atoms with E-state index in [1.54, 1.807) is 18.2 Å². The lowest BCUT2D eigenvalue weighted by atomic mass is 9.97. The van der Waals surface area contributed by atoms with Gasteiger partial charge in [0, 0.05) is 63.4 Å². The normalized spacial score (nSPS) is 17.2. The van der Waals surface area contributed by atoms with Crippen molar-refractivity contribution < 1.29 is 33.3 Å². The molecule has 2 aliphatic rings. The van der Waals surface area contributed by atoms with Gasteiger partial charge in [0.1, 0.15) is 28.6 Å². The number of piperazine rings is 1. The van der Waals surface area contributed by atoms with Gasteiger partial charge in [-0.2, -0.15) is 5.10 Å². The summed E-state index contributed by atoms with van der Waals surface area (Å²) in [7, 11) is 1.56. The number of ether oxygens (including phenoxy) is 5. The van der Waals surface area contributed by atoms with Crippen molar-refractivity contribution >= 4 is 28.9 Å². The van der Waals surface area contributed by atoms with E-state index in [0.717, 1.165) is 41.8 Å². The standard InChI is InChI=1S/C36H47N7O7/c1-35(2,3)49-33(44)42-15-13-41(14-16-42)28-21-43(34(45)50-36(4,5)6)27-19-26(38-40-32(27)28)24-12-11-23(18-30(24)48-22-46-7)25-20-37-39-31(25)29-10-8-9-17-47-29/h11-12,18-21,29H,8-10,13-17,22H2,1-7H3,(H,37,39). The second kappa shape index (κ2) is 14.3. The Kier molecular flexibility index (Phi) is 10.0. The minimum absolute atomic E-state index is 0.0177. The molecule has 2 saturated heterocycles. The Labute approximate surface area is 292 Å².